The van der Waals surface area contributed by atoms with Gasteiger partial charge >= 0.3 is 0 Å². The van der Waals surface area contributed by atoms with Crippen molar-refractivity contribution in [2.75, 3.05) is 32.9 Å². The first-order chi connectivity index (χ1) is 6.95. The lowest BCUT2D eigenvalue weighted by Crippen LogP contribution is -2.44. The summed E-state index contributed by atoms with van der Waals surface area (Å²) in [5.41, 5.74) is 0. The van der Waals surface area contributed by atoms with Crippen LogP contribution in [0.25, 0.3) is 0 Å². The molecule has 2 heterocycles. The molecule has 0 aromatic carbocycles. The Balaban J connectivity index is 1.76. The summed E-state index contributed by atoms with van der Waals surface area (Å²) in [5.74, 6) is 0.888. The molecule has 1 saturated heterocycles. The van der Waals surface area contributed by atoms with E-state index in [2.05, 4.69) is 15.2 Å². The van der Waals surface area contributed by atoms with Gasteiger partial charge in [0.05, 0.1) is 0 Å². The summed E-state index contributed by atoms with van der Waals surface area (Å²) in [6.07, 6.45) is 3.49. The molecule has 1 fully saturated rings. The van der Waals surface area contributed by atoms with Crippen LogP contribution < -0.4 is 10.1 Å². The van der Waals surface area contributed by atoms with Crippen molar-refractivity contribution in [3.8, 4) is 5.75 Å². The number of aromatic nitrogens is 1. The lowest BCUT2D eigenvalue weighted by Gasteiger charge is -2.26. The second-order valence-corrected chi connectivity index (χ2v) is 3.32. The molecule has 76 valence electrons. The van der Waals surface area contributed by atoms with Crippen molar-refractivity contribution in [3.63, 3.8) is 0 Å². The number of rotatable bonds is 3. The van der Waals surface area contributed by atoms with E-state index >= 15 is 0 Å². The van der Waals surface area contributed by atoms with Gasteiger partial charge in [-0.15, -0.1) is 0 Å². The molecule has 0 radical (unpaired) electrons. The van der Waals surface area contributed by atoms with E-state index in [-0.39, 0.29) is 0 Å². The molecule has 2 rings (SSSR count). The molecule has 1 aliphatic rings. The zero-order valence-corrected chi connectivity index (χ0v) is 8.15. The van der Waals surface area contributed by atoms with Crippen LogP contribution in [-0.4, -0.2) is 42.8 Å². The summed E-state index contributed by atoms with van der Waals surface area (Å²) in [4.78, 5) is 6.23. The maximum absolute atomic E-state index is 5.60. The zero-order chi connectivity index (χ0) is 9.64. The average molecular weight is 193 g/mol. The van der Waals surface area contributed by atoms with Crippen LogP contribution in [0.2, 0.25) is 0 Å². The van der Waals surface area contributed by atoms with Crippen molar-refractivity contribution in [2.45, 2.75) is 0 Å². The minimum atomic E-state index is 0.672. The Morgan fingerprint density at radius 3 is 2.71 bits per heavy atom. The van der Waals surface area contributed by atoms with Gasteiger partial charge in [0.2, 0.25) is 0 Å². The highest BCUT2D eigenvalue weighted by Crippen LogP contribution is 2.07. The quantitative estimate of drug-likeness (QED) is 0.750. The standard InChI is InChI=1S/C10H15N3O/c1-3-11-4-2-10(1)14-9-13-7-5-12-6-8-13/h1-4,12H,5-9H2. The molecule has 0 bridgehead atoms. The van der Waals surface area contributed by atoms with E-state index in [0.717, 1.165) is 31.9 Å². The number of hydrogen-bond donors (Lipinski definition) is 1. The van der Waals surface area contributed by atoms with E-state index in [1.807, 2.05) is 12.1 Å². The lowest BCUT2D eigenvalue weighted by molar-refractivity contribution is 0.113. The molecule has 4 heteroatoms. The van der Waals surface area contributed by atoms with Gasteiger partial charge in [-0.05, 0) is 12.1 Å². The minimum absolute atomic E-state index is 0.672. The highest BCUT2D eigenvalue weighted by atomic mass is 16.5. The fourth-order valence-corrected chi connectivity index (χ4v) is 1.44. The third-order valence-electron chi connectivity index (χ3n) is 2.27. The van der Waals surface area contributed by atoms with Crippen molar-refractivity contribution < 1.29 is 4.74 Å². The minimum Gasteiger partial charge on any atom is -0.478 e. The molecule has 1 aromatic heterocycles. The average Bonchev–Trinajstić information content (AvgIpc) is 2.29. The predicted octanol–water partition coefficient (Wildman–Crippen LogP) is 0.323. The van der Waals surface area contributed by atoms with Gasteiger partial charge in [-0.2, -0.15) is 0 Å². The normalized spacial score (nSPS) is 18.0. The Morgan fingerprint density at radius 1 is 1.29 bits per heavy atom. The summed E-state index contributed by atoms with van der Waals surface area (Å²) in [7, 11) is 0. The van der Waals surface area contributed by atoms with E-state index in [1.165, 1.54) is 0 Å². The fourth-order valence-electron chi connectivity index (χ4n) is 1.44. The molecule has 1 N–H and O–H groups in total. The summed E-state index contributed by atoms with van der Waals surface area (Å²) >= 11 is 0. The lowest BCUT2D eigenvalue weighted by atomic mass is 10.4. The molecular weight excluding hydrogens is 178 g/mol. The maximum atomic E-state index is 5.60. The van der Waals surface area contributed by atoms with Crippen LogP contribution in [0.15, 0.2) is 24.5 Å². The Bertz CT molecular complexity index is 259. The van der Waals surface area contributed by atoms with Crippen LogP contribution in [0.4, 0.5) is 0 Å². The van der Waals surface area contributed by atoms with Crippen LogP contribution in [-0.2, 0) is 0 Å². The summed E-state index contributed by atoms with van der Waals surface area (Å²) < 4.78 is 5.60. The Kier molecular flexibility index (Phi) is 3.32. The first kappa shape index (κ1) is 9.43. The molecule has 0 aliphatic carbocycles. The van der Waals surface area contributed by atoms with Crippen LogP contribution in [0.1, 0.15) is 0 Å². The van der Waals surface area contributed by atoms with Gasteiger partial charge in [-0.25, -0.2) is 0 Å². The second kappa shape index (κ2) is 4.93. The molecule has 14 heavy (non-hydrogen) atoms. The van der Waals surface area contributed by atoms with Gasteiger partial charge in [0.25, 0.3) is 0 Å². The molecule has 4 nitrogen and oxygen atoms in total. The van der Waals surface area contributed by atoms with Crippen molar-refractivity contribution in [1.82, 2.24) is 15.2 Å². The van der Waals surface area contributed by atoms with Gasteiger partial charge in [-0.1, -0.05) is 0 Å². The van der Waals surface area contributed by atoms with E-state index < -0.39 is 0 Å². The maximum Gasteiger partial charge on any atom is 0.142 e. The van der Waals surface area contributed by atoms with Crippen LogP contribution >= 0.6 is 0 Å². The molecule has 1 aromatic rings. The molecular formula is C10H15N3O. The van der Waals surface area contributed by atoms with E-state index in [0.29, 0.717) is 6.73 Å². The van der Waals surface area contributed by atoms with Crippen molar-refractivity contribution in [1.29, 1.82) is 0 Å². The Labute approximate surface area is 83.9 Å². The molecule has 0 saturated carbocycles. The Hall–Kier alpha value is -1.13. The number of hydrogen-bond acceptors (Lipinski definition) is 4. The van der Waals surface area contributed by atoms with Crippen LogP contribution in [0.5, 0.6) is 5.75 Å². The van der Waals surface area contributed by atoms with Gasteiger partial charge in [0, 0.05) is 38.6 Å². The van der Waals surface area contributed by atoms with Crippen LogP contribution in [0.3, 0.4) is 0 Å². The first-order valence-electron chi connectivity index (χ1n) is 4.91. The number of piperazine rings is 1. The number of pyridine rings is 1. The van der Waals surface area contributed by atoms with E-state index in [4.69, 9.17) is 4.74 Å². The van der Waals surface area contributed by atoms with E-state index in [9.17, 15) is 0 Å². The molecule has 0 spiro atoms. The van der Waals surface area contributed by atoms with Gasteiger partial charge < -0.3 is 10.1 Å². The van der Waals surface area contributed by atoms with Crippen molar-refractivity contribution in [3.05, 3.63) is 24.5 Å². The van der Waals surface area contributed by atoms with Gasteiger partial charge in [0.15, 0.2) is 0 Å². The van der Waals surface area contributed by atoms with Crippen molar-refractivity contribution in [2.24, 2.45) is 0 Å². The van der Waals surface area contributed by atoms with Crippen LogP contribution in [0, 0.1) is 0 Å². The number of nitrogens with one attached hydrogen (secondary N) is 1. The largest absolute Gasteiger partial charge is 0.478 e. The molecule has 0 atom stereocenters. The molecule has 1 aliphatic heterocycles. The summed E-state index contributed by atoms with van der Waals surface area (Å²) in [6.45, 7) is 4.90. The van der Waals surface area contributed by atoms with Gasteiger partial charge in [0.1, 0.15) is 12.5 Å². The highest BCUT2D eigenvalue weighted by Gasteiger charge is 2.08. The third kappa shape index (κ3) is 2.68. The SMILES string of the molecule is c1cc(OCN2CCNCC2)ccn1. The second-order valence-electron chi connectivity index (χ2n) is 3.32. The first-order valence-corrected chi connectivity index (χ1v) is 4.91. The summed E-state index contributed by atoms with van der Waals surface area (Å²) in [6, 6.07) is 3.75. The Morgan fingerprint density at radius 2 is 2.00 bits per heavy atom. The van der Waals surface area contributed by atoms with E-state index in [1.54, 1.807) is 12.4 Å². The fraction of sp³-hybridized carbons (Fsp3) is 0.500. The zero-order valence-electron chi connectivity index (χ0n) is 8.15. The molecule has 0 amide bonds. The number of ether oxygens (including phenoxy) is 1. The number of nitrogens with zero attached hydrogens (tertiary/aromatic N) is 2. The van der Waals surface area contributed by atoms with Gasteiger partial charge in [-0.3, -0.25) is 9.88 Å². The molecule has 0 unspecified atom stereocenters. The highest BCUT2D eigenvalue weighted by molar-refractivity contribution is 5.16. The topological polar surface area (TPSA) is 37.4 Å². The third-order valence-corrected chi connectivity index (χ3v) is 2.27. The summed E-state index contributed by atoms with van der Waals surface area (Å²) in [5, 5.41) is 3.31. The predicted molar refractivity (Wildman–Crippen MR) is 54.2 cm³/mol. The van der Waals surface area contributed by atoms with Crippen molar-refractivity contribution >= 4 is 0 Å². The monoisotopic (exact) mass is 193 g/mol. The smallest absolute Gasteiger partial charge is 0.142 e.